The predicted octanol–water partition coefficient (Wildman–Crippen LogP) is 3.30. The van der Waals surface area contributed by atoms with Crippen LogP contribution < -0.4 is 10.2 Å². The number of hydrogen-bond donors (Lipinski definition) is 1. The van der Waals surface area contributed by atoms with E-state index in [2.05, 4.69) is 30.4 Å². The Morgan fingerprint density at radius 2 is 1.97 bits per heavy atom. The molecule has 152 valence electrons. The predicted molar refractivity (Wildman–Crippen MR) is 103 cm³/mol. The molecule has 1 aliphatic carbocycles. The Bertz CT molecular complexity index is 1120. The highest BCUT2D eigenvalue weighted by Crippen LogP contribution is 2.33. The normalized spacial score (nSPS) is 13.8. The molecule has 0 bridgehead atoms. The second-order valence-electron chi connectivity index (χ2n) is 6.67. The summed E-state index contributed by atoms with van der Waals surface area (Å²) in [6.45, 7) is 1.49. The van der Waals surface area contributed by atoms with Crippen molar-refractivity contribution < 1.29 is 18.4 Å². The van der Waals surface area contributed by atoms with E-state index < -0.39 is 17.5 Å². The molecule has 0 aliphatic heterocycles. The van der Waals surface area contributed by atoms with Crippen LogP contribution in [0.3, 0.4) is 0 Å². The third-order valence-electron chi connectivity index (χ3n) is 4.47. The zero-order valence-electron chi connectivity index (χ0n) is 15.8. The van der Waals surface area contributed by atoms with Crippen LogP contribution >= 0.6 is 0 Å². The lowest BCUT2D eigenvalue weighted by molar-refractivity contribution is 0.102. The van der Waals surface area contributed by atoms with Gasteiger partial charge in [0.15, 0.2) is 11.6 Å². The van der Waals surface area contributed by atoms with Gasteiger partial charge in [-0.2, -0.15) is 0 Å². The van der Waals surface area contributed by atoms with E-state index in [0.29, 0.717) is 11.4 Å². The third-order valence-corrected chi connectivity index (χ3v) is 4.47. The highest BCUT2D eigenvalue weighted by molar-refractivity contribution is 6.05. The second-order valence-corrected chi connectivity index (χ2v) is 6.67. The van der Waals surface area contributed by atoms with Gasteiger partial charge in [0.05, 0.1) is 24.2 Å². The summed E-state index contributed by atoms with van der Waals surface area (Å²) in [6.07, 6.45) is 8.31. The number of halogens is 2. The SMILES string of the molecule is Cc1c(F)cncc1C(=O)Nc1cnc(/C(=N/Oc2ncccc2F)C2CC2)cn1. The van der Waals surface area contributed by atoms with Crippen LogP contribution in [0, 0.1) is 24.5 Å². The Hall–Kier alpha value is -3.82. The van der Waals surface area contributed by atoms with E-state index in [9.17, 15) is 13.6 Å². The highest BCUT2D eigenvalue weighted by Gasteiger charge is 2.31. The summed E-state index contributed by atoms with van der Waals surface area (Å²) < 4.78 is 27.3. The number of pyridine rings is 2. The first-order valence-corrected chi connectivity index (χ1v) is 9.12. The number of anilines is 1. The molecule has 8 nitrogen and oxygen atoms in total. The summed E-state index contributed by atoms with van der Waals surface area (Å²) in [4.78, 5) is 33.4. The summed E-state index contributed by atoms with van der Waals surface area (Å²) >= 11 is 0. The van der Waals surface area contributed by atoms with Crippen molar-refractivity contribution in [3.8, 4) is 5.88 Å². The molecular formula is C20H16F2N6O2. The molecule has 1 fully saturated rings. The average Bonchev–Trinajstić information content (AvgIpc) is 3.58. The first kappa shape index (κ1) is 19.5. The van der Waals surface area contributed by atoms with Crippen LogP contribution in [0.4, 0.5) is 14.6 Å². The molecule has 3 aromatic heterocycles. The monoisotopic (exact) mass is 410 g/mol. The molecule has 4 rings (SSSR count). The van der Waals surface area contributed by atoms with Gasteiger partial charge in [0.1, 0.15) is 17.2 Å². The molecule has 0 saturated heterocycles. The summed E-state index contributed by atoms with van der Waals surface area (Å²) in [5, 5.41) is 6.57. The quantitative estimate of drug-likeness (QED) is 0.494. The zero-order valence-corrected chi connectivity index (χ0v) is 15.8. The maximum absolute atomic E-state index is 13.7. The van der Waals surface area contributed by atoms with Crippen molar-refractivity contribution in [1.82, 2.24) is 19.9 Å². The second kappa shape index (κ2) is 8.27. The van der Waals surface area contributed by atoms with Gasteiger partial charge in [-0.25, -0.2) is 23.7 Å². The molecular weight excluding hydrogens is 394 g/mol. The van der Waals surface area contributed by atoms with Crippen LogP contribution in [0.1, 0.15) is 34.5 Å². The van der Waals surface area contributed by atoms with Crippen LogP contribution in [0.25, 0.3) is 0 Å². The Kier molecular flexibility index (Phi) is 5.38. The lowest BCUT2D eigenvalue weighted by atomic mass is 10.1. The standard InChI is InChI=1S/C20H16F2N6O2/c1-11-13(7-23-8-15(11)22)19(29)27-17-10-25-16(9-26-17)18(12-4-5-12)28-30-20-14(21)3-2-6-24-20/h2-3,6-10,12H,4-5H2,1H3,(H,26,27,29)/b28-18+. The minimum Gasteiger partial charge on any atom is -0.333 e. The van der Waals surface area contributed by atoms with Crippen LogP contribution in [0.15, 0.2) is 48.3 Å². The number of hydrogen-bond acceptors (Lipinski definition) is 7. The van der Waals surface area contributed by atoms with E-state index in [4.69, 9.17) is 4.84 Å². The molecule has 10 heteroatoms. The van der Waals surface area contributed by atoms with Crippen LogP contribution in [0.5, 0.6) is 5.88 Å². The maximum Gasteiger partial charge on any atom is 0.284 e. The van der Waals surface area contributed by atoms with Crippen molar-refractivity contribution in [2.24, 2.45) is 11.1 Å². The first-order valence-electron chi connectivity index (χ1n) is 9.12. The molecule has 1 saturated carbocycles. The molecule has 0 aromatic carbocycles. The number of nitrogens with zero attached hydrogens (tertiary/aromatic N) is 5. The van der Waals surface area contributed by atoms with E-state index in [-0.39, 0.29) is 28.7 Å². The van der Waals surface area contributed by atoms with Gasteiger partial charge >= 0.3 is 0 Å². The van der Waals surface area contributed by atoms with Gasteiger partial charge in [-0.05, 0) is 31.9 Å². The van der Waals surface area contributed by atoms with E-state index in [0.717, 1.165) is 19.0 Å². The van der Waals surface area contributed by atoms with Gasteiger partial charge in [-0.1, -0.05) is 5.16 Å². The lowest BCUT2D eigenvalue weighted by Crippen LogP contribution is -2.16. The van der Waals surface area contributed by atoms with Gasteiger partial charge in [0.25, 0.3) is 11.8 Å². The molecule has 1 aliphatic rings. The minimum absolute atomic E-state index is 0.104. The van der Waals surface area contributed by atoms with Gasteiger partial charge in [0.2, 0.25) is 0 Å². The van der Waals surface area contributed by atoms with Crippen LogP contribution in [-0.4, -0.2) is 31.6 Å². The van der Waals surface area contributed by atoms with Crippen molar-refractivity contribution in [2.75, 3.05) is 5.32 Å². The van der Waals surface area contributed by atoms with E-state index in [1.54, 1.807) is 0 Å². The van der Waals surface area contributed by atoms with E-state index in [1.165, 1.54) is 43.8 Å². The fourth-order valence-electron chi connectivity index (χ4n) is 2.65. The van der Waals surface area contributed by atoms with Gasteiger partial charge in [-0.15, -0.1) is 0 Å². The van der Waals surface area contributed by atoms with Gasteiger partial charge < -0.3 is 10.2 Å². The smallest absolute Gasteiger partial charge is 0.284 e. The Labute approximate surface area is 170 Å². The number of rotatable bonds is 6. The largest absolute Gasteiger partial charge is 0.333 e. The number of amides is 1. The maximum atomic E-state index is 13.7. The van der Waals surface area contributed by atoms with Gasteiger partial charge in [0, 0.05) is 23.9 Å². The molecule has 1 amide bonds. The molecule has 3 aromatic rings. The third kappa shape index (κ3) is 4.27. The topological polar surface area (TPSA) is 102 Å². The summed E-state index contributed by atoms with van der Waals surface area (Å²) in [6, 6.07) is 2.68. The Morgan fingerprint density at radius 3 is 2.67 bits per heavy atom. The fourth-order valence-corrected chi connectivity index (χ4v) is 2.65. The first-order chi connectivity index (χ1) is 14.5. The molecule has 0 spiro atoms. The van der Waals surface area contributed by atoms with Crippen molar-refractivity contribution in [3.05, 3.63) is 71.6 Å². The number of carbonyl (C=O) groups is 1. The number of carbonyl (C=O) groups excluding carboxylic acids is 1. The van der Waals surface area contributed by atoms with Gasteiger partial charge in [-0.3, -0.25) is 9.78 Å². The summed E-state index contributed by atoms with van der Waals surface area (Å²) in [5.41, 5.74) is 1.26. The van der Waals surface area contributed by atoms with Crippen molar-refractivity contribution in [2.45, 2.75) is 19.8 Å². The average molecular weight is 410 g/mol. The molecule has 1 N–H and O–H groups in total. The van der Waals surface area contributed by atoms with Crippen LogP contribution in [0.2, 0.25) is 0 Å². The van der Waals surface area contributed by atoms with Crippen molar-refractivity contribution >= 4 is 17.4 Å². The number of nitrogens with one attached hydrogen (secondary N) is 1. The summed E-state index contributed by atoms with van der Waals surface area (Å²) in [5.74, 6) is -1.66. The van der Waals surface area contributed by atoms with Crippen molar-refractivity contribution in [3.63, 3.8) is 0 Å². The Morgan fingerprint density at radius 1 is 1.13 bits per heavy atom. The van der Waals surface area contributed by atoms with Crippen LogP contribution in [-0.2, 0) is 0 Å². The molecule has 30 heavy (non-hydrogen) atoms. The fraction of sp³-hybridized carbons (Fsp3) is 0.200. The van der Waals surface area contributed by atoms with Crippen molar-refractivity contribution in [1.29, 1.82) is 0 Å². The van der Waals surface area contributed by atoms with E-state index >= 15 is 0 Å². The Balaban J connectivity index is 1.50. The summed E-state index contributed by atoms with van der Waals surface area (Å²) in [7, 11) is 0. The number of aromatic nitrogens is 4. The molecule has 0 atom stereocenters. The molecule has 3 heterocycles. The highest BCUT2D eigenvalue weighted by atomic mass is 19.1. The molecule has 0 radical (unpaired) electrons. The lowest BCUT2D eigenvalue weighted by Gasteiger charge is -2.08. The molecule has 0 unspecified atom stereocenters. The minimum atomic E-state index is -0.623. The van der Waals surface area contributed by atoms with E-state index in [1.807, 2.05) is 0 Å². The zero-order chi connectivity index (χ0) is 21.1. The number of oxime groups is 1.